The van der Waals surface area contributed by atoms with E-state index in [-0.39, 0.29) is 24.0 Å². The highest BCUT2D eigenvalue weighted by Crippen LogP contribution is 2.12. The summed E-state index contributed by atoms with van der Waals surface area (Å²) in [4.78, 5) is 4.50. The normalized spacial score (nSPS) is 11.2. The topological polar surface area (TPSA) is 62.5 Å². The summed E-state index contributed by atoms with van der Waals surface area (Å²) in [7, 11) is 0. The van der Waals surface area contributed by atoms with Gasteiger partial charge in [-0.25, -0.2) is 8.78 Å². The standard InChI is InChI=1S/C18H24F2N4O.HI/c1-4-21-18(23-10-8-16-12(2)24-25-13(16)3)22-9-7-14-11-15(19)5-6-17(14)20;/h5-6,11H,4,7-10H2,1-3H3,(H2,21,22,23);1H. The van der Waals surface area contributed by atoms with Gasteiger partial charge in [0.2, 0.25) is 0 Å². The van der Waals surface area contributed by atoms with Crippen LogP contribution in [0.5, 0.6) is 0 Å². The number of nitrogens with zero attached hydrogens (tertiary/aromatic N) is 2. The van der Waals surface area contributed by atoms with Crippen molar-refractivity contribution in [2.75, 3.05) is 19.6 Å². The monoisotopic (exact) mass is 478 g/mol. The number of guanidine groups is 1. The molecular weight excluding hydrogens is 453 g/mol. The zero-order valence-corrected chi connectivity index (χ0v) is 17.6. The van der Waals surface area contributed by atoms with Crippen LogP contribution in [-0.2, 0) is 12.8 Å². The predicted octanol–water partition coefficient (Wildman–Crippen LogP) is 3.53. The maximum Gasteiger partial charge on any atom is 0.191 e. The molecule has 26 heavy (non-hydrogen) atoms. The number of aryl methyl sites for hydroxylation is 2. The third-order valence-electron chi connectivity index (χ3n) is 3.85. The maximum atomic E-state index is 13.6. The quantitative estimate of drug-likeness (QED) is 0.363. The molecule has 0 aliphatic carbocycles. The summed E-state index contributed by atoms with van der Waals surface area (Å²) < 4.78 is 31.9. The predicted molar refractivity (Wildman–Crippen MR) is 109 cm³/mol. The second-order valence-corrected chi connectivity index (χ2v) is 5.73. The van der Waals surface area contributed by atoms with Gasteiger partial charge < -0.3 is 15.2 Å². The van der Waals surface area contributed by atoms with E-state index in [1.165, 1.54) is 6.07 Å². The fourth-order valence-corrected chi connectivity index (χ4v) is 2.53. The lowest BCUT2D eigenvalue weighted by atomic mass is 10.1. The molecule has 2 aromatic rings. The van der Waals surface area contributed by atoms with E-state index >= 15 is 0 Å². The number of aliphatic imine (C=N–C) groups is 1. The summed E-state index contributed by atoms with van der Waals surface area (Å²) in [6, 6.07) is 3.48. The van der Waals surface area contributed by atoms with Gasteiger partial charge in [-0.1, -0.05) is 5.16 Å². The minimum Gasteiger partial charge on any atom is -0.361 e. The smallest absolute Gasteiger partial charge is 0.191 e. The average Bonchev–Trinajstić information content (AvgIpc) is 2.90. The van der Waals surface area contributed by atoms with Crippen LogP contribution < -0.4 is 10.6 Å². The number of nitrogens with one attached hydrogen (secondary N) is 2. The van der Waals surface area contributed by atoms with E-state index in [1.807, 2.05) is 20.8 Å². The number of halogens is 3. The lowest BCUT2D eigenvalue weighted by Gasteiger charge is -2.11. The van der Waals surface area contributed by atoms with Crippen molar-refractivity contribution in [2.45, 2.75) is 33.6 Å². The highest BCUT2D eigenvalue weighted by Gasteiger charge is 2.08. The van der Waals surface area contributed by atoms with Crippen LogP contribution >= 0.6 is 24.0 Å². The Bertz CT molecular complexity index is 714. The van der Waals surface area contributed by atoms with Crippen molar-refractivity contribution >= 4 is 29.9 Å². The molecule has 0 spiro atoms. The van der Waals surface area contributed by atoms with Crippen LogP contribution in [0.2, 0.25) is 0 Å². The summed E-state index contributed by atoms with van der Waals surface area (Å²) in [6.07, 6.45) is 1.11. The Hall–Kier alpha value is -1.71. The molecule has 1 aromatic heterocycles. The van der Waals surface area contributed by atoms with Gasteiger partial charge >= 0.3 is 0 Å². The summed E-state index contributed by atoms with van der Waals surface area (Å²) in [5.41, 5.74) is 2.30. The van der Waals surface area contributed by atoms with Crippen molar-refractivity contribution in [3.8, 4) is 0 Å². The first kappa shape index (κ1) is 22.3. The third-order valence-corrected chi connectivity index (χ3v) is 3.85. The van der Waals surface area contributed by atoms with Gasteiger partial charge in [0, 0.05) is 25.2 Å². The first-order valence-corrected chi connectivity index (χ1v) is 8.39. The van der Waals surface area contributed by atoms with Gasteiger partial charge in [-0.15, -0.1) is 24.0 Å². The van der Waals surface area contributed by atoms with Crippen molar-refractivity contribution < 1.29 is 13.3 Å². The molecule has 0 radical (unpaired) electrons. The molecule has 0 bridgehead atoms. The van der Waals surface area contributed by atoms with Gasteiger partial charge in [0.25, 0.3) is 0 Å². The molecule has 0 fully saturated rings. The zero-order valence-electron chi connectivity index (χ0n) is 15.2. The number of hydrogen-bond donors (Lipinski definition) is 2. The molecule has 1 heterocycles. The minimum absolute atomic E-state index is 0. The van der Waals surface area contributed by atoms with E-state index < -0.39 is 11.6 Å². The van der Waals surface area contributed by atoms with Crippen LogP contribution in [0, 0.1) is 25.5 Å². The van der Waals surface area contributed by atoms with Crippen LogP contribution in [0.3, 0.4) is 0 Å². The Morgan fingerprint density at radius 2 is 1.96 bits per heavy atom. The summed E-state index contributed by atoms with van der Waals surface area (Å²) in [5.74, 6) is 0.623. The molecule has 0 amide bonds. The van der Waals surface area contributed by atoms with Crippen LogP contribution in [-0.4, -0.2) is 30.8 Å². The van der Waals surface area contributed by atoms with Gasteiger partial charge in [-0.2, -0.15) is 0 Å². The van der Waals surface area contributed by atoms with E-state index in [4.69, 9.17) is 4.52 Å². The number of aromatic nitrogens is 1. The lowest BCUT2D eigenvalue weighted by Crippen LogP contribution is -2.38. The summed E-state index contributed by atoms with van der Waals surface area (Å²) >= 11 is 0. The van der Waals surface area contributed by atoms with Gasteiger partial charge in [0.05, 0.1) is 5.69 Å². The highest BCUT2D eigenvalue weighted by atomic mass is 127. The average molecular weight is 478 g/mol. The Morgan fingerprint density at radius 3 is 2.62 bits per heavy atom. The van der Waals surface area contributed by atoms with Crippen LogP contribution in [0.25, 0.3) is 0 Å². The van der Waals surface area contributed by atoms with Crippen molar-refractivity contribution in [3.63, 3.8) is 0 Å². The van der Waals surface area contributed by atoms with Crippen molar-refractivity contribution in [2.24, 2.45) is 4.99 Å². The molecule has 0 atom stereocenters. The highest BCUT2D eigenvalue weighted by molar-refractivity contribution is 14.0. The maximum absolute atomic E-state index is 13.6. The largest absolute Gasteiger partial charge is 0.361 e. The van der Waals surface area contributed by atoms with E-state index in [0.717, 1.165) is 35.6 Å². The second-order valence-electron chi connectivity index (χ2n) is 5.73. The van der Waals surface area contributed by atoms with Crippen molar-refractivity contribution in [1.29, 1.82) is 0 Å². The zero-order chi connectivity index (χ0) is 18.2. The molecule has 2 rings (SSSR count). The van der Waals surface area contributed by atoms with Gasteiger partial charge in [0.15, 0.2) is 5.96 Å². The molecule has 144 valence electrons. The molecule has 0 saturated heterocycles. The second kappa shape index (κ2) is 11.1. The van der Waals surface area contributed by atoms with Crippen LogP contribution in [0.4, 0.5) is 8.78 Å². The van der Waals surface area contributed by atoms with Crippen LogP contribution in [0.1, 0.15) is 29.5 Å². The Labute approximate surface area is 169 Å². The van der Waals surface area contributed by atoms with E-state index in [9.17, 15) is 8.78 Å². The Morgan fingerprint density at radius 1 is 1.19 bits per heavy atom. The minimum atomic E-state index is -0.434. The molecule has 1 aromatic carbocycles. The summed E-state index contributed by atoms with van der Waals surface area (Å²) in [5, 5.41) is 10.2. The van der Waals surface area contributed by atoms with E-state index in [2.05, 4.69) is 20.8 Å². The fraction of sp³-hybridized carbons (Fsp3) is 0.444. The molecule has 2 N–H and O–H groups in total. The molecule has 0 saturated carbocycles. The first-order valence-electron chi connectivity index (χ1n) is 8.39. The third kappa shape index (κ3) is 6.54. The number of rotatable bonds is 7. The molecular formula is C18H25F2IN4O. The van der Waals surface area contributed by atoms with Crippen molar-refractivity contribution in [1.82, 2.24) is 15.8 Å². The first-order chi connectivity index (χ1) is 12.0. The Kier molecular flexibility index (Phi) is 9.53. The van der Waals surface area contributed by atoms with Gasteiger partial charge in [0.1, 0.15) is 17.4 Å². The molecule has 0 unspecified atom stereocenters. The fourth-order valence-electron chi connectivity index (χ4n) is 2.53. The summed E-state index contributed by atoms with van der Waals surface area (Å²) in [6.45, 7) is 7.51. The lowest BCUT2D eigenvalue weighted by molar-refractivity contribution is 0.392. The van der Waals surface area contributed by atoms with Crippen molar-refractivity contribution in [3.05, 3.63) is 52.4 Å². The van der Waals surface area contributed by atoms with E-state index in [0.29, 0.717) is 37.6 Å². The molecule has 0 aliphatic heterocycles. The number of hydrogen-bond acceptors (Lipinski definition) is 3. The molecule has 5 nitrogen and oxygen atoms in total. The van der Waals surface area contributed by atoms with Gasteiger partial charge in [-0.05, 0) is 57.4 Å². The SMILES string of the molecule is CCNC(=NCCc1c(C)noc1C)NCCc1cc(F)ccc1F.I. The van der Waals surface area contributed by atoms with Gasteiger partial charge in [-0.3, -0.25) is 4.99 Å². The number of benzene rings is 1. The molecule has 8 heteroatoms. The van der Waals surface area contributed by atoms with Crippen LogP contribution in [0.15, 0.2) is 27.7 Å². The molecule has 0 aliphatic rings. The Balaban J connectivity index is 0.00000338. The van der Waals surface area contributed by atoms with E-state index in [1.54, 1.807) is 0 Å².